The van der Waals surface area contributed by atoms with E-state index in [1.807, 2.05) is 0 Å². The number of nitrogens with zero attached hydrogens (tertiary/aromatic N) is 1. The molecule has 1 aromatic rings. The number of halogens is 2. The zero-order valence-corrected chi connectivity index (χ0v) is 10.5. The first-order chi connectivity index (χ1) is 8.54. The molecule has 0 aromatic heterocycles. The molecule has 96 valence electrons. The third-order valence-electron chi connectivity index (χ3n) is 3.86. The molecule has 18 heavy (non-hydrogen) atoms. The summed E-state index contributed by atoms with van der Waals surface area (Å²) in [7, 11) is 0. The van der Waals surface area contributed by atoms with Crippen LogP contribution in [0.2, 0.25) is 0 Å². The summed E-state index contributed by atoms with van der Waals surface area (Å²) >= 11 is 0. The molecule has 0 aliphatic heterocycles. The van der Waals surface area contributed by atoms with E-state index in [0.717, 1.165) is 31.7 Å². The second kappa shape index (κ2) is 5.06. The lowest BCUT2D eigenvalue weighted by Crippen LogP contribution is -2.28. The standard InChI is InChI=1S/C15H17F2N/c1-11-3-2-6-15(8-11,10-18)9-12-4-5-13(16)14(17)7-12/h4-5,7,11H,2-3,6,8-9H2,1H3. The second-order valence-electron chi connectivity index (χ2n) is 5.52. The van der Waals surface area contributed by atoms with Gasteiger partial charge in [-0.25, -0.2) is 8.78 Å². The van der Waals surface area contributed by atoms with Crippen molar-refractivity contribution in [2.24, 2.45) is 11.3 Å². The number of benzene rings is 1. The topological polar surface area (TPSA) is 23.8 Å². The van der Waals surface area contributed by atoms with Crippen molar-refractivity contribution in [3.05, 3.63) is 35.4 Å². The van der Waals surface area contributed by atoms with Crippen molar-refractivity contribution in [3.8, 4) is 6.07 Å². The summed E-state index contributed by atoms with van der Waals surface area (Å²) in [5.41, 5.74) is 0.312. The Morgan fingerprint density at radius 1 is 1.39 bits per heavy atom. The van der Waals surface area contributed by atoms with Gasteiger partial charge in [-0.05, 0) is 42.9 Å². The Hall–Kier alpha value is -1.43. The van der Waals surface area contributed by atoms with E-state index in [1.54, 1.807) is 6.07 Å². The molecular formula is C15H17F2N. The van der Waals surface area contributed by atoms with E-state index in [-0.39, 0.29) is 0 Å². The molecule has 1 saturated carbocycles. The Labute approximate surface area is 106 Å². The van der Waals surface area contributed by atoms with Crippen LogP contribution in [0.5, 0.6) is 0 Å². The molecule has 0 bridgehead atoms. The molecule has 0 radical (unpaired) electrons. The monoisotopic (exact) mass is 249 g/mol. The Morgan fingerprint density at radius 2 is 2.17 bits per heavy atom. The molecule has 2 rings (SSSR count). The molecular weight excluding hydrogens is 232 g/mol. The second-order valence-corrected chi connectivity index (χ2v) is 5.52. The molecule has 3 heteroatoms. The number of hydrogen-bond donors (Lipinski definition) is 0. The predicted octanol–water partition coefficient (Wildman–Crippen LogP) is 4.23. The van der Waals surface area contributed by atoms with Gasteiger partial charge in [0, 0.05) is 0 Å². The van der Waals surface area contributed by atoms with Gasteiger partial charge in [0.25, 0.3) is 0 Å². The summed E-state index contributed by atoms with van der Waals surface area (Å²) in [6.07, 6.45) is 4.42. The average Bonchev–Trinajstić information content (AvgIpc) is 2.34. The van der Waals surface area contributed by atoms with Gasteiger partial charge in [0.2, 0.25) is 0 Å². The van der Waals surface area contributed by atoms with Crippen LogP contribution >= 0.6 is 0 Å². The molecule has 1 nitrogen and oxygen atoms in total. The van der Waals surface area contributed by atoms with Gasteiger partial charge < -0.3 is 0 Å². The Bertz CT molecular complexity index is 478. The predicted molar refractivity (Wildman–Crippen MR) is 65.7 cm³/mol. The highest BCUT2D eigenvalue weighted by molar-refractivity contribution is 5.22. The Kier molecular flexibility index (Phi) is 3.65. The first-order valence-corrected chi connectivity index (χ1v) is 6.40. The van der Waals surface area contributed by atoms with Gasteiger partial charge in [0.15, 0.2) is 11.6 Å². The van der Waals surface area contributed by atoms with Crippen LogP contribution in [0.4, 0.5) is 8.78 Å². The number of nitriles is 1. The molecule has 0 N–H and O–H groups in total. The van der Waals surface area contributed by atoms with Crippen LogP contribution in [0.15, 0.2) is 18.2 Å². The smallest absolute Gasteiger partial charge is 0.159 e. The average molecular weight is 249 g/mol. The fourth-order valence-electron chi connectivity index (χ4n) is 3.00. The maximum absolute atomic E-state index is 13.2. The minimum atomic E-state index is -0.832. The van der Waals surface area contributed by atoms with Gasteiger partial charge >= 0.3 is 0 Å². The fourth-order valence-corrected chi connectivity index (χ4v) is 3.00. The van der Waals surface area contributed by atoms with Gasteiger partial charge in [-0.1, -0.05) is 25.8 Å². The molecule has 1 aliphatic rings. The lowest BCUT2D eigenvalue weighted by molar-refractivity contribution is 0.209. The molecule has 1 fully saturated rings. The largest absolute Gasteiger partial charge is 0.204 e. The highest BCUT2D eigenvalue weighted by Crippen LogP contribution is 2.41. The summed E-state index contributed by atoms with van der Waals surface area (Å²) in [5, 5.41) is 9.43. The summed E-state index contributed by atoms with van der Waals surface area (Å²) in [4.78, 5) is 0. The van der Waals surface area contributed by atoms with Gasteiger partial charge in [-0.2, -0.15) is 5.26 Å². The van der Waals surface area contributed by atoms with Crippen LogP contribution in [-0.2, 0) is 6.42 Å². The van der Waals surface area contributed by atoms with Crippen molar-refractivity contribution in [2.45, 2.75) is 39.0 Å². The van der Waals surface area contributed by atoms with Gasteiger partial charge in [-0.3, -0.25) is 0 Å². The molecule has 0 spiro atoms. The Balaban J connectivity index is 2.20. The summed E-state index contributed by atoms with van der Waals surface area (Å²) < 4.78 is 26.1. The van der Waals surface area contributed by atoms with E-state index >= 15 is 0 Å². The van der Waals surface area contributed by atoms with Crippen LogP contribution in [0.1, 0.15) is 38.2 Å². The maximum Gasteiger partial charge on any atom is 0.159 e. The number of rotatable bonds is 2. The zero-order chi connectivity index (χ0) is 13.2. The molecule has 0 saturated heterocycles. The van der Waals surface area contributed by atoms with Crippen molar-refractivity contribution in [3.63, 3.8) is 0 Å². The maximum atomic E-state index is 13.2. The van der Waals surface area contributed by atoms with E-state index in [0.29, 0.717) is 17.9 Å². The summed E-state index contributed by atoms with van der Waals surface area (Å²) in [6, 6.07) is 6.35. The third kappa shape index (κ3) is 2.69. The fraction of sp³-hybridized carbons (Fsp3) is 0.533. The van der Waals surface area contributed by atoms with Crippen molar-refractivity contribution < 1.29 is 8.78 Å². The molecule has 0 amide bonds. The zero-order valence-electron chi connectivity index (χ0n) is 10.5. The molecule has 2 unspecified atom stereocenters. The molecule has 1 aliphatic carbocycles. The minimum absolute atomic E-state index is 0.401. The van der Waals surface area contributed by atoms with E-state index in [1.165, 1.54) is 6.07 Å². The van der Waals surface area contributed by atoms with Crippen molar-refractivity contribution in [1.29, 1.82) is 5.26 Å². The lowest BCUT2D eigenvalue weighted by Gasteiger charge is -2.34. The summed E-state index contributed by atoms with van der Waals surface area (Å²) in [5.74, 6) is -1.13. The SMILES string of the molecule is CC1CCCC(C#N)(Cc2ccc(F)c(F)c2)C1. The molecule has 1 aromatic carbocycles. The van der Waals surface area contributed by atoms with Crippen LogP contribution in [-0.4, -0.2) is 0 Å². The first-order valence-electron chi connectivity index (χ1n) is 6.40. The van der Waals surface area contributed by atoms with E-state index in [9.17, 15) is 14.0 Å². The number of hydrogen-bond acceptors (Lipinski definition) is 1. The van der Waals surface area contributed by atoms with Gasteiger partial charge in [0.05, 0.1) is 11.5 Å². The van der Waals surface area contributed by atoms with Crippen LogP contribution < -0.4 is 0 Å². The highest BCUT2D eigenvalue weighted by atomic mass is 19.2. The third-order valence-corrected chi connectivity index (χ3v) is 3.86. The van der Waals surface area contributed by atoms with Crippen LogP contribution in [0, 0.1) is 34.3 Å². The Morgan fingerprint density at radius 3 is 2.78 bits per heavy atom. The molecule has 2 atom stereocenters. The van der Waals surface area contributed by atoms with Gasteiger partial charge in [-0.15, -0.1) is 0 Å². The van der Waals surface area contributed by atoms with Crippen LogP contribution in [0.25, 0.3) is 0 Å². The van der Waals surface area contributed by atoms with E-state index in [4.69, 9.17) is 0 Å². The van der Waals surface area contributed by atoms with Crippen molar-refractivity contribution in [2.75, 3.05) is 0 Å². The highest BCUT2D eigenvalue weighted by Gasteiger charge is 2.35. The van der Waals surface area contributed by atoms with E-state index in [2.05, 4.69) is 13.0 Å². The van der Waals surface area contributed by atoms with Crippen molar-refractivity contribution >= 4 is 0 Å². The first kappa shape index (κ1) is 13.0. The normalized spacial score (nSPS) is 27.8. The van der Waals surface area contributed by atoms with Crippen LogP contribution in [0.3, 0.4) is 0 Å². The minimum Gasteiger partial charge on any atom is -0.204 e. The lowest BCUT2D eigenvalue weighted by atomic mass is 9.68. The molecule has 0 heterocycles. The van der Waals surface area contributed by atoms with Gasteiger partial charge in [0.1, 0.15) is 0 Å². The quantitative estimate of drug-likeness (QED) is 0.769. The van der Waals surface area contributed by atoms with E-state index < -0.39 is 17.0 Å². The van der Waals surface area contributed by atoms with Crippen molar-refractivity contribution in [1.82, 2.24) is 0 Å². The summed E-state index contributed by atoms with van der Waals surface area (Å²) in [6.45, 7) is 2.15.